The molecule has 3 rings (SSSR count). The number of methoxy groups -OCH3 is 1. The lowest BCUT2D eigenvalue weighted by molar-refractivity contribution is -0.147. The van der Waals surface area contributed by atoms with Crippen molar-refractivity contribution in [1.29, 1.82) is 0 Å². The zero-order valence-electron chi connectivity index (χ0n) is 13.6. The summed E-state index contributed by atoms with van der Waals surface area (Å²) < 4.78 is 15.8. The number of fused-ring (bicyclic) bond motifs is 1. The molecular formula is C19H15ClO5. The lowest BCUT2D eigenvalue weighted by Gasteiger charge is -2.12. The quantitative estimate of drug-likeness (QED) is 0.612. The third-order valence-corrected chi connectivity index (χ3v) is 3.91. The van der Waals surface area contributed by atoms with E-state index in [1.807, 2.05) is 0 Å². The summed E-state index contributed by atoms with van der Waals surface area (Å²) in [5.41, 5.74) is 1.25. The van der Waals surface area contributed by atoms with Crippen LogP contribution in [0, 0.1) is 0 Å². The predicted molar refractivity (Wildman–Crippen MR) is 92.9 cm³/mol. The maximum absolute atomic E-state index is 12.4. The topological polar surface area (TPSA) is 61.8 Å². The minimum Gasteiger partial charge on any atom is -0.479 e. The van der Waals surface area contributed by atoms with E-state index in [0.717, 1.165) is 5.56 Å². The van der Waals surface area contributed by atoms with Crippen LogP contribution in [-0.2, 0) is 9.53 Å². The summed E-state index contributed by atoms with van der Waals surface area (Å²) in [4.78, 5) is 23.9. The second kappa shape index (κ2) is 6.99. The van der Waals surface area contributed by atoms with Gasteiger partial charge in [0, 0.05) is 11.1 Å². The highest BCUT2D eigenvalue weighted by molar-refractivity contribution is 6.30. The first-order valence-corrected chi connectivity index (χ1v) is 7.94. The van der Waals surface area contributed by atoms with Gasteiger partial charge in [0.2, 0.25) is 5.78 Å². The Morgan fingerprint density at radius 1 is 1.20 bits per heavy atom. The number of allylic oxidation sites excluding steroid dienone is 1. The number of carbonyl (C=O) groups is 2. The number of halogens is 1. The molecule has 0 bridgehead atoms. The van der Waals surface area contributed by atoms with E-state index in [1.54, 1.807) is 55.5 Å². The Bertz CT molecular complexity index is 855. The molecule has 2 aromatic rings. The van der Waals surface area contributed by atoms with E-state index >= 15 is 0 Å². The first-order chi connectivity index (χ1) is 12.0. The molecule has 0 radical (unpaired) electrons. The lowest BCUT2D eigenvalue weighted by atomic mass is 10.1. The van der Waals surface area contributed by atoms with E-state index in [1.165, 1.54) is 7.11 Å². The van der Waals surface area contributed by atoms with Crippen molar-refractivity contribution in [3.63, 3.8) is 0 Å². The highest BCUT2D eigenvalue weighted by Crippen LogP contribution is 2.35. The number of ketones is 1. The molecule has 2 aromatic carbocycles. The van der Waals surface area contributed by atoms with Gasteiger partial charge in [-0.05, 0) is 42.8 Å². The van der Waals surface area contributed by atoms with Crippen LogP contribution in [-0.4, -0.2) is 25.0 Å². The van der Waals surface area contributed by atoms with E-state index in [2.05, 4.69) is 4.74 Å². The molecule has 1 unspecified atom stereocenters. The van der Waals surface area contributed by atoms with E-state index in [0.29, 0.717) is 22.1 Å². The number of rotatable bonds is 4. The van der Waals surface area contributed by atoms with E-state index in [-0.39, 0.29) is 11.5 Å². The second-order valence-corrected chi connectivity index (χ2v) is 5.87. The Labute approximate surface area is 149 Å². The Morgan fingerprint density at radius 3 is 2.60 bits per heavy atom. The van der Waals surface area contributed by atoms with Crippen LogP contribution in [0.25, 0.3) is 6.08 Å². The summed E-state index contributed by atoms with van der Waals surface area (Å²) in [5.74, 6) is 0.325. The summed E-state index contributed by atoms with van der Waals surface area (Å²) in [5, 5.41) is 0.616. The monoisotopic (exact) mass is 358 g/mol. The average molecular weight is 359 g/mol. The van der Waals surface area contributed by atoms with Crippen LogP contribution in [0.15, 0.2) is 48.2 Å². The van der Waals surface area contributed by atoms with Crippen molar-refractivity contribution in [2.45, 2.75) is 13.0 Å². The normalized spacial score (nSPS) is 15.5. The summed E-state index contributed by atoms with van der Waals surface area (Å²) >= 11 is 5.86. The molecule has 0 aromatic heterocycles. The number of hydrogen-bond donors (Lipinski definition) is 0. The number of hydrogen-bond acceptors (Lipinski definition) is 5. The first kappa shape index (κ1) is 17.0. The minimum absolute atomic E-state index is 0.211. The molecule has 1 heterocycles. The van der Waals surface area contributed by atoms with Crippen molar-refractivity contribution in [2.24, 2.45) is 0 Å². The van der Waals surface area contributed by atoms with Crippen molar-refractivity contribution in [1.82, 2.24) is 0 Å². The Kier molecular flexibility index (Phi) is 4.76. The van der Waals surface area contributed by atoms with Crippen LogP contribution in [0.2, 0.25) is 5.02 Å². The zero-order valence-corrected chi connectivity index (χ0v) is 14.4. The van der Waals surface area contributed by atoms with Crippen molar-refractivity contribution >= 4 is 29.4 Å². The van der Waals surface area contributed by atoms with Gasteiger partial charge >= 0.3 is 5.97 Å². The molecule has 128 valence electrons. The highest BCUT2D eigenvalue weighted by atomic mass is 35.5. The maximum Gasteiger partial charge on any atom is 0.346 e. The van der Waals surface area contributed by atoms with E-state index in [4.69, 9.17) is 21.1 Å². The second-order valence-electron chi connectivity index (χ2n) is 5.43. The molecule has 0 fully saturated rings. The number of esters is 1. The molecule has 6 heteroatoms. The van der Waals surface area contributed by atoms with Crippen LogP contribution in [0.3, 0.4) is 0 Å². The van der Waals surface area contributed by atoms with Gasteiger partial charge in [-0.2, -0.15) is 0 Å². The highest BCUT2D eigenvalue weighted by Gasteiger charge is 2.28. The SMILES string of the molecule is COC(=O)C(C)Oc1ccc2c(c1)O/C(=C\c1ccc(Cl)cc1)C2=O. The summed E-state index contributed by atoms with van der Waals surface area (Å²) in [6.45, 7) is 1.58. The molecule has 0 aliphatic carbocycles. The maximum atomic E-state index is 12.4. The molecule has 0 saturated carbocycles. The lowest BCUT2D eigenvalue weighted by Crippen LogP contribution is -2.24. The molecule has 5 nitrogen and oxygen atoms in total. The number of benzene rings is 2. The van der Waals surface area contributed by atoms with Crippen molar-refractivity contribution in [2.75, 3.05) is 7.11 Å². The third-order valence-electron chi connectivity index (χ3n) is 3.66. The van der Waals surface area contributed by atoms with Gasteiger partial charge in [-0.25, -0.2) is 4.79 Å². The standard InChI is InChI=1S/C19H15ClO5/c1-11(19(22)23-2)24-14-7-8-15-16(10-14)25-17(18(15)21)9-12-3-5-13(20)6-4-12/h3-11H,1-2H3/b17-9-. The number of carbonyl (C=O) groups excluding carboxylic acids is 2. The van der Waals surface area contributed by atoms with Crippen molar-refractivity contribution < 1.29 is 23.8 Å². The molecule has 25 heavy (non-hydrogen) atoms. The van der Waals surface area contributed by atoms with Gasteiger partial charge in [0.15, 0.2) is 11.9 Å². The molecule has 1 aliphatic heterocycles. The van der Waals surface area contributed by atoms with Gasteiger partial charge in [-0.1, -0.05) is 23.7 Å². The molecule has 0 N–H and O–H groups in total. The predicted octanol–water partition coefficient (Wildman–Crippen LogP) is 3.90. The van der Waals surface area contributed by atoms with Crippen LogP contribution in [0.1, 0.15) is 22.8 Å². The molecule has 1 atom stereocenters. The van der Waals surface area contributed by atoms with Crippen LogP contribution in [0.4, 0.5) is 0 Å². The van der Waals surface area contributed by atoms with Crippen LogP contribution in [0.5, 0.6) is 11.5 Å². The average Bonchev–Trinajstić information content (AvgIpc) is 2.91. The van der Waals surface area contributed by atoms with Gasteiger partial charge in [0.25, 0.3) is 0 Å². The third kappa shape index (κ3) is 3.67. The van der Waals surface area contributed by atoms with Crippen molar-refractivity contribution in [3.8, 4) is 11.5 Å². The van der Waals surface area contributed by atoms with Crippen molar-refractivity contribution in [3.05, 3.63) is 64.4 Å². The summed E-state index contributed by atoms with van der Waals surface area (Å²) in [6, 6.07) is 11.9. The van der Waals surface area contributed by atoms with Gasteiger partial charge < -0.3 is 14.2 Å². The summed E-state index contributed by atoms with van der Waals surface area (Å²) in [7, 11) is 1.29. The van der Waals surface area contributed by atoms with Gasteiger partial charge in [-0.3, -0.25) is 4.79 Å². The summed E-state index contributed by atoms with van der Waals surface area (Å²) in [6.07, 6.45) is 0.889. The fraction of sp³-hybridized carbons (Fsp3) is 0.158. The molecule has 0 amide bonds. The molecular weight excluding hydrogens is 344 g/mol. The Hall–Kier alpha value is -2.79. The fourth-order valence-corrected chi connectivity index (χ4v) is 2.50. The van der Waals surface area contributed by atoms with Gasteiger partial charge in [0.05, 0.1) is 12.7 Å². The molecule has 0 spiro atoms. The first-order valence-electron chi connectivity index (χ1n) is 7.56. The van der Waals surface area contributed by atoms with Gasteiger partial charge in [0.1, 0.15) is 11.5 Å². The van der Waals surface area contributed by atoms with E-state index in [9.17, 15) is 9.59 Å². The van der Waals surface area contributed by atoms with E-state index < -0.39 is 12.1 Å². The largest absolute Gasteiger partial charge is 0.479 e. The Morgan fingerprint density at radius 2 is 1.92 bits per heavy atom. The fourth-order valence-electron chi connectivity index (χ4n) is 2.37. The molecule has 1 aliphatic rings. The minimum atomic E-state index is -0.760. The number of ether oxygens (including phenoxy) is 3. The van der Waals surface area contributed by atoms with Crippen LogP contribution < -0.4 is 9.47 Å². The molecule has 0 saturated heterocycles. The number of Topliss-reactive ketones (excluding diaryl/α,β-unsaturated/α-hetero) is 1. The van der Waals surface area contributed by atoms with Gasteiger partial charge in [-0.15, -0.1) is 0 Å². The zero-order chi connectivity index (χ0) is 18.0. The smallest absolute Gasteiger partial charge is 0.346 e. The Balaban J connectivity index is 1.81. The van der Waals surface area contributed by atoms with Crippen LogP contribution >= 0.6 is 11.6 Å².